The highest BCUT2D eigenvalue weighted by Crippen LogP contribution is 2.36. The van der Waals surface area contributed by atoms with E-state index in [-0.39, 0.29) is 30.0 Å². The molecule has 25 heavy (non-hydrogen) atoms. The number of nitrogens with two attached hydrogens (primary N) is 1. The monoisotopic (exact) mass is 357 g/mol. The minimum Gasteiger partial charge on any atom is -0.369 e. The van der Waals surface area contributed by atoms with E-state index in [9.17, 15) is 9.18 Å². The molecule has 0 spiro atoms. The molecular weight excluding hydrogens is 341 g/mol. The van der Waals surface area contributed by atoms with Crippen LogP contribution in [-0.4, -0.2) is 15.9 Å². The van der Waals surface area contributed by atoms with E-state index in [1.54, 1.807) is 18.3 Å². The van der Waals surface area contributed by atoms with Crippen LogP contribution in [0.25, 0.3) is 22.2 Å². The Morgan fingerprint density at radius 1 is 1.20 bits per heavy atom. The molecule has 0 saturated heterocycles. The van der Waals surface area contributed by atoms with Gasteiger partial charge in [-0.2, -0.15) is 0 Å². The van der Waals surface area contributed by atoms with E-state index in [0.29, 0.717) is 12.8 Å². The van der Waals surface area contributed by atoms with Crippen LogP contribution in [0, 0.1) is 11.7 Å². The summed E-state index contributed by atoms with van der Waals surface area (Å²) < 4.78 is 13.3. The van der Waals surface area contributed by atoms with Gasteiger partial charge in [0.25, 0.3) is 0 Å². The minimum atomic E-state index is -0.280. The zero-order valence-corrected chi connectivity index (χ0v) is 14.2. The largest absolute Gasteiger partial charge is 0.369 e. The van der Waals surface area contributed by atoms with E-state index < -0.39 is 0 Å². The highest BCUT2D eigenvalue weighted by molar-refractivity contribution is 5.94. The zero-order chi connectivity index (χ0) is 16.7. The smallest absolute Gasteiger partial charge is 0.220 e. The van der Waals surface area contributed by atoms with Crippen molar-refractivity contribution in [1.29, 1.82) is 0 Å². The van der Waals surface area contributed by atoms with Crippen molar-refractivity contribution in [2.24, 2.45) is 11.7 Å². The molecular formula is C19H17ClFN3O. The fourth-order valence-corrected chi connectivity index (χ4v) is 3.44. The van der Waals surface area contributed by atoms with Gasteiger partial charge in [-0.1, -0.05) is 12.1 Å². The van der Waals surface area contributed by atoms with Gasteiger partial charge >= 0.3 is 0 Å². The van der Waals surface area contributed by atoms with E-state index >= 15 is 0 Å². The second-order valence-corrected chi connectivity index (χ2v) is 6.13. The van der Waals surface area contributed by atoms with Gasteiger partial charge in [0.1, 0.15) is 5.82 Å². The summed E-state index contributed by atoms with van der Waals surface area (Å²) in [5.41, 5.74) is 10.9. The maximum absolute atomic E-state index is 13.3. The van der Waals surface area contributed by atoms with E-state index in [1.165, 1.54) is 12.1 Å². The Labute approximate surface area is 150 Å². The van der Waals surface area contributed by atoms with Gasteiger partial charge in [0.15, 0.2) is 0 Å². The maximum atomic E-state index is 13.3. The number of nitrogens with zero attached hydrogens (tertiary/aromatic N) is 2. The van der Waals surface area contributed by atoms with Gasteiger partial charge in [0, 0.05) is 29.8 Å². The molecule has 3 aromatic rings. The number of fused-ring (bicyclic) bond motifs is 2. The molecule has 4 rings (SSSR count). The van der Waals surface area contributed by atoms with E-state index in [1.807, 2.05) is 12.1 Å². The van der Waals surface area contributed by atoms with Gasteiger partial charge in [0.2, 0.25) is 5.91 Å². The Kier molecular flexibility index (Phi) is 4.68. The molecule has 1 unspecified atom stereocenters. The summed E-state index contributed by atoms with van der Waals surface area (Å²) in [6, 6.07) is 10.2. The summed E-state index contributed by atoms with van der Waals surface area (Å²) in [6.45, 7) is 0. The first kappa shape index (κ1) is 17.3. The minimum absolute atomic E-state index is 0. The van der Waals surface area contributed by atoms with E-state index in [0.717, 1.165) is 39.8 Å². The third-order valence-electron chi connectivity index (χ3n) is 4.65. The van der Waals surface area contributed by atoms with Gasteiger partial charge in [0.05, 0.1) is 11.0 Å². The van der Waals surface area contributed by atoms with Crippen molar-refractivity contribution in [2.45, 2.75) is 19.3 Å². The predicted molar refractivity (Wildman–Crippen MR) is 96.9 cm³/mol. The van der Waals surface area contributed by atoms with Crippen molar-refractivity contribution in [2.75, 3.05) is 0 Å². The van der Waals surface area contributed by atoms with Crippen LogP contribution in [0.2, 0.25) is 0 Å². The van der Waals surface area contributed by atoms with Crippen LogP contribution < -0.4 is 5.73 Å². The second-order valence-electron chi connectivity index (χ2n) is 6.13. The van der Waals surface area contributed by atoms with Gasteiger partial charge in [-0.3, -0.25) is 14.8 Å². The molecule has 0 fully saturated rings. The predicted octanol–water partition coefficient (Wildman–Crippen LogP) is 3.45. The number of carbonyl (C=O) groups is 1. The lowest BCUT2D eigenvalue weighted by Crippen LogP contribution is -2.29. The Morgan fingerprint density at radius 3 is 2.68 bits per heavy atom. The molecule has 2 heterocycles. The van der Waals surface area contributed by atoms with Crippen LogP contribution in [0.4, 0.5) is 4.39 Å². The van der Waals surface area contributed by atoms with Crippen molar-refractivity contribution in [3.8, 4) is 11.1 Å². The summed E-state index contributed by atoms with van der Waals surface area (Å²) in [7, 11) is 0. The molecule has 1 aromatic carbocycles. The average molecular weight is 358 g/mol. The number of hydrogen-bond donors (Lipinski definition) is 1. The van der Waals surface area contributed by atoms with Crippen LogP contribution in [0.3, 0.4) is 0 Å². The van der Waals surface area contributed by atoms with Crippen molar-refractivity contribution >= 4 is 29.3 Å². The lowest BCUT2D eigenvalue weighted by Gasteiger charge is -2.24. The molecule has 1 aliphatic carbocycles. The van der Waals surface area contributed by atoms with E-state index in [2.05, 4.69) is 4.98 Å². The Hall–Kier alpha value is -2.53. The summed E-state index contributed by atoms with van der Waals surface area (Å²) in [4.78, 5) is 20.8. The molecule has 0 aliphatic heterocycles. The number of pyridine rings is 2. The van der Waals surface area contributed by atoms with Gasteiger partial charge in [-0.05, 0) is 48.2 Å². The number of halogens is 2. The van der Waals surface area contributed by atoms with E-state index in [4.69, 9.17) is 10.7 Å². The average Bonchev–Trinajstić information content (AvgIpc) is 2.60. The molecule has 0 radical (unpaired) electrons. The summed E-state index contributed by atoms with van der Waals surface area (Å²) >= 11 is 0. The molecule has 2 aromatic heterocycles. The lowest BCUT2D eigenvalue weighted by molar-refractivity contribution is -0.122. The lowest BCUT2D eigenvalue weighted by atomic mass is 9.82. The molecule has 1 atom stereocenters. The summed E-state index contributed by atoms with van der Waals surface area (Å²) in [6.07, 6.45) is 3.70. The first-order valence-electron chi connectivity index (χ1n) is 7.95. The Morgan fingerprint density at radius 2 is 1.96 bits per heavy atom. The van der Waals surface area contributed by atoms with Gasteiger partial charge < -0.3 is 5.73 Å². The first-order valence-corrected chi connectivity index (χ1v) is 7.95. The first-order chi connectivity index (χ1) is 11.6. The molecule has 1 aliphatic rings. The molecule has 0 saturated carbocycles. The van der Waals surface area contributed by atoms with Crippen LogP contribution in [0.15, 0.2) is 42.6 Å². The van der Waals surface area contributed by atoms with Crippen LogP contribution in [0.1, 0.15) is 17.7 Å². The van der Waals surface area contributed by atoms with Crippen molar-refractivity contribution in [3.63, 3.8) is 0 Å². The van der Waals surface area contributed by atoms with Crippen LogP contribution in [0.5, 0.6) is 0 Å². The number of amides is 1. The third kappa shape index (κ3) is 3.07. The number of aromatic nitrogens is 2. The standard InChI is InChI=1S/C19H16FN3O.ClH/c20-13-6-3-11(4-7-13)17-14-8-5-12(19(21)24)10-16(14)23-15-2-1-9-22-18(15)17;/h1-4,6-7,9,12H,5,8,10H2,(H2,21,24);1H. The third-order valence-corrected chi connectivity index (χ3v) is 4.65. The fourth-order valence-electron chi connectivity index (χ4n) is 3.44. The number of carbonyl (C=O) groups excluding carboxylic acids is 1. The SMILES string of the molecule is Cl.NC(=O)C1CCc2c(nc3cccnc3c2-c2ccc(F)cc2)C1. The molecule has 128 valence electrons. The second kappa shape index (κ2) is 6.76. The van der Waals surface area contributed by atoms with Crippen molar-refractivity contribution in [1.82, 2.24) is 9.97 Å². The zero-order valence-electron chi connectivity index (χ0n) is 13.4. The molecule has 0 bridgehead atoms. The Bertz CT molecular complexity index is 943. The molecule has 1 amide bonds. The quantitative estimate of drug-likeness (QED) is 0.763. The van der Waals surface area contributed by atoms with Crippen molar-refractivity contribution < 1.29 is 9.18 Å². The van der Waals surface area contributed by atoms with Crippen molar-refractivity contribution in [3.05, 3.63) is 59.7 Å². The normalized spacial score (nSPS) is 16.1. The fraction of sp³-hybridized carbons (Fsp3) is 0.211. The van der Waals surface area contributed by atoms with Crippen LogP contribution in [-0.2, 0) is 17.6 Å². The van der Waals surface area contributed by atoms with Gasteiger partial charge in [-0.15, -0.1) is 12.4 Å². The molecule has 4 nitrogen and oxygen atoms in total. The van der Waals surface area contributed by atoms with Crippen LogP contribution >= 0.6 is 12.4 Å². The highest BCUT2D eigenvalue weighted by atomic mass is 35.5. The molecule has 6 heteroatoms. The summed E-state index contributed by atoms with van der Waals surface area (Å²) in [5.74, 6) is -0.731. The topological polar surface area (TPSA) is 68.9 Å². The number of hydrogen-bond acceptors (Lipinski definition) is 3. The van der Waals surface area contributed by atoms with Gasteiger partial charge in [-0.25, -0.2) is 4.39 Å². The Balaban J connectivity index is 0.00000182. The number of primary amides is 1. The number of benzene rings is 1. The summed E-state index contributed by atoms with van der Waals surface area (Å²) in [5, 5.41) is 0. The maximum Gasteiger partial charge on any atom is 0.220 e. The molecule has 2 N–H and O–H groups in total. The number of rotatable bonds is 2. The highest BCUT2D eigenvalue weighted by Gasteiger charge is 2.27.